The van der Waals surface area contributed by atoms with Crippen molar-refractivity contribution in [3.63, 3.8) is 0 Å². The third-order valence-corrected chi connectivity index (χ3v) is 3.91. The lowest BCUT2D eigenvalue weighted by Crippen LogP contribution is -2.29. The molecule has 2 rings (SSSR count). The van der Waals surface area contributed by atoms with E-state index in [0.717, 1.165) is 6.42 Å². The number of halogens is 1. The van der Waals surface area contributed by atoms with E-state index in [1.54, 1.807) is 12.1 Å². The van der Waals surface area contributed by atoms with Gasteiger partial charge in [0.25, 0.3) is 0 Å². The van der Waals surface area contributed by atoms with Crippen LogP contribution in [0.4, 0.5) is 5.69 Å². The van der Waals surface area contributed by atoms with E-state index in [1.807, 2.05) is 6.92 Å². The van der Waals surface area contributed by atoms with Gasteiger partial charge in [-0.1, -0.05) is 22.9 Å². The lowest BCUT2D eigenvalue weighted by Gasteiger charge is -2.17. The van der Waals surface area contributed by atoms with Gasteiger partial charge in [-0.2, -0.15) is 0 Å². The molecule has 1 aliphatic rings. The highest BCUT2D eigenvalue weighted by molar-refractivity contribution is 9.10. The molecule has 0 spiro atoms. The third-order valence-electron chi connectivity index (χ3n) is 3.42. The quantitative estimate of drug-likeness (QED) is 0.882. The van der Waals surface area contributed by atoms with Gasteiger partial charge >= 0.3 is 5.97 Å². The number of nitrogens with one attached hydrogen (secondary N) is 1. The van der Waals surface area contributed by atoms with E-state index in [0.29, 0.717) is 23.2 Å². The minimum Gasteiger partial charge on any atom is -0.478 e. The maximum atomic E-state index is 12.2. The summed E-state index contributed by atoms with van der Waals surface area (Å²) in [7, 11) is 0. The van der Waals surface area contributed by atoms with Crippen LogP contribution in [-0.2, 0) is 9.53 Å². The summed E-state index contributed by atoms with van der Waals surface area (Å²) in [4.78, 5) is 23.4. The van der Waals surface area contributed by atoms with Gasteiger partial charge in [0.2, 0.25) is 5.91 Å². The molecule has 1 amide bonds. The summed E-state index contributed by atoms with van der Waals surface area (Å²) in [6.45, 7) is 2.54. The van der Waals surface area contributed by atoms with Crippen LogP contribution in [-0.4, -0.2) is 29.7 Å². The molecule has 6 heteroatoms. The molecule has 0 radical (unpaired) electrons. The van der Waals surface area contributed by atoms with E-state index in [4.69, 9.17) is 9.84 Å². The normalized spacial score (nSPS) is 21.7. The van der Waals surface area contributed by atoms with Crippen molar-refractivity contribution in [1.82, 2.24) is 0 Å². The molecule has 20 heavy (non-hydrogen) atoms. The number of carbonyl (C=O) groups is 2. The zero-order valence-corrected chi connectivity index (χ0v) is 12.6. The van der Waals surface area contributed by atoms with Gasteiger partial charge in [0.15, 0.2) is 0 Å². The van der Waals surface area contributed by atoms with Crippen molar-refractivity contribution in [2.24, 2.45) is 5.92 Å². The smallest absolute Gasteiger partial charge is 0.337 e. The first-order valence-corrected chi connectivity index (χ1v) is 7.27. The third kappa shape index (κ3) is 3.19. The van der Waals surface area contributed by atoms with Gasteiger partial charge in [-0.05, 0) is 31.0 Å². The van der Waals surface area contributed by atoms with Crippen LogP contribution < -0.4 is 5.32 Å². The van der Waals surface area contributed by atoms with Crippen LogP contribution in [0.25, 0.3) is 0 Å². The van der Waals surface area contributed by atoms with E-state index < -0.39 is 5.97 Å². The molecule has 1 fully saturated rings. The van der Waals surface area contributed by atoms with Crippen molar-refractivity contribution < 1.29 is 19.4 Å². The van der Waals surface area contributed by atoms with Crippen LogP contribution in [0.15, 0.2) is 22.7 Å². The van der Waals surface area contributed by atoms with Crippen molar-refractivity contribution in [1.29, 1.82) is 0 Å². The van der Waals surface area contributed by atoms with E-state index >= 15 is 0 Å². The minimum atomic E-state index is -1.07. The zero-order chi connectivity index (χ0) is 14.7. The number of hydrogen-bond acceptors (Lipinski definition) is 3. The summed E-state index contributed by atoms with van der Waals surface area (Å²) in [5.41, 5.74) is 0.382. The fourth-order valence-corrected chi connectivity index (χ4v) is 2.74. The first-order valence-electron chi connectivity index (χ1n) is 6.48. The first-order chi connectivity index (χ1) is 9.52. The number of rotatable bonds is 4. The molecule has 108 valence electrons. The van der Waals surface area contributed by atoms with Crippen LogP contribution in [0, 0.1) is 5.92 Å². The molecule has 2 N–H and O–H groups in total. The van der Waals surface area contributed by atoms with Crippen LogP contribution >= 0.6 is 15.9 Å². The highest BCUT2D eigenvalue weighted by atomic mass is 79.9. The Morgan fingerprint density at radius 1 is 1.50 bits per heavy atom. The van der Waals surface area contributed by atoms with Crippen LogP contribution in [0.1, 0.15) is 30.1 Å². The Morgan fingerprint density at radius 3 is 2.90 bits per heavy atom. The van der Waals surface area contributed by atoms with Crippen LogP contribution in [0.5, 0.6) is 0 Å². The predicted octanol–water partition coefficient (Wildman–Crippen LogP) is 2.90. The topological polar surface area (TPSA) is 75.6 Å². The Bertz CT molecular complexity index is 532. The molecule has 1 saturated heterocycles. The van der Waals surface area contributed by atoms with Gasteiger partial charge in [0.05, 0.1) is 23.3 Å². The van der Waals surface area contributed by atoms with Crippen molar-refractivity contribution in [3.8, 4) is 0 Å². The predicted molar refractivity (Wildman–Crippen MR) is 77.9 cm³/mol. The summed E-state index contributed by atoms with van der Waals surface area (Å²) in [5, 5.41) is 11.9. The number of carboxylic acids is 1. The van der Waals surface area contributed by atoms with Crippen molar-refractivity contribution in [2.45, 2.75) is 25.9 Å². The van der Waals surface area contributed by atoms with Gasteiger partial charge in [-0.15, -0.1) is 0 Å². The molecule has 0 bridgehead atoms. The summed E-state index contributed by atoms with van der Waals surface area (Å²) < 4.78 is 6.14. The standard InChI is InChI=1S/C14H16BrNO4/c1-2-12-9(5-6-20-12)13(17)16-11-4-3-8(15)7-10(11)14(18)19/h3-4,7,9,12H,2,5-6H2,1H3,(H,16,17)(H,18,19). The number of carbonyl (C=O) groups excluding carboxylic acids is 1. The number of aromatic carboxylic acids is 1. The van der Waals surface area contributed by atoms with Gasteiger partial charge in [0.1, 0.15) is 0 Å². The summed E-state index contributed by atoms with van der Waals surface area (Å²) >= 11 is 3.22. The van der Waals surface area contributed by atoms with Crippen molar-refractivity contribution >= 4 is 33.5 Å². The fourth-order valence-electron chi connectivity index (χ4n) is 2.38. The van der Waals surface area contributed by atoms with Gasteiger partial charge in [0, 0.05) is 11.1 Å². The molecule has 0 aromatic heterocycles. The Balaban J connectivity index is 2.17. The number of benzene rings is 1. The van der Waals surface area contributed by atoms with Crippen molar-refractivity contribution in [2.75, 3.05) is 11.9 Å². The maximum Gasteiger partial charge on any atom is 0.337 e. The summed E-state index contributed by atoms with van der Waals surface area (Å²) in [5.74, 6) is -1.47. The molecule has 1 heterocycles. The number of carboxylic acid groups (broad SMARTS) is 1. The SMILES string of the molecule is CCC1OCCC1C(=O)Nc1ccc(Br)cc1C(=O)O. The molecule has 1 aromatic rings. The fraction of sp³-hybridized carbons (Fsp3) is 0.429. The molecular weight excluding hydrogens is 326 g/mol. The van der Waals surface area contributed by atoms with E-state index in [2.05, 4.69) is 21.2 Å². The molecule has 0 saturated carbocycles. The Morgan fingerprint density at radius 2 is 2.25 bits per heavy atom. The lowest BCUT2D eigenvalue weighted by atomic mass is 9.98. The average molecular weight is 342 g/mol. The molecule has 2 atom stereocenters. The molecule has 5 nitrogen and oxygen atoms in total. The lowest BCUT2D eigenvalue weighted by molar-refractivity contribution is -0.121. The average Bonchev–Trinajstić information content (AvgIpc) is 2.89. The number of hydrogen-bond donors (Lipinski definition) is 2. The molecular formula is C14H16BrNO4. The van der Waals surface area contributed by atoms with E-state index in [9.17, 15) is 9.59 Å². The second-order valence-electron chi connectivity index (χ2n) is 4.70. The number of ether oxygens (including phenoxy) is 1. The van der Waals surface area contributed by atoms with Gasteiger partial charge in [-0.25, -0.2) is 4.79 Å². The number of anilines is 1. The largest absolute Gasteiger partial charge is 0.478 e. The molecule has 2 unspecified atom stereocenters. The monoisotopic (exact) mass is 341 g/mol. The van der Waals surface area contributed by atoms with Crippen LogP contribution in [0.3, 0.4) is 0 Å². The summed E-state index contributed by atoms with van der Waals surface area (Å²) in [6.07, 6.45) is 1.35. The second kappa shape index (κ2) is 6.37. The summed E-state index contributed by atoms with van der Waals surface area (Å²) in [6, 6.07) is 4.76. The Hall–Kier alpha value is -1.40. The molecule has 1 aliphatic heterocycles. The Kier molecular flexibility index (Phi) is 4.77. The van der Waals surface area contributed by atoms with Gasteiger partial charge < -0.3 is 15.2 Å². The Labute approximate surface area is 125 Å². The van der Waals surface area contributed by atoms with E-state index in [1.165, 1.54) is 6.07 Å². The zero-order valence-electron chi connectivity index (χ0n) is 11.1. The van der Waals surface area contributed by atoms with Gasteiger partial charge in [-0.3, -0.25) is 4.79 Å². The highest BCUT2D eigenvalue weighted by Crippen LogP contribution is 2.27. The molecule has 0 aliphatic carbocycles. The van der Waals surface area contributed by atoms with Crippen LogP contribution in [0.2, 0.25) is 0 Å². The highest BCUT2D eigenvalue weighted by Gasteiger charge is 2.33. The number of amides is 1. The minimum absolute atomic E-state index is 0.0692. The maximum absolute atomic E-state index is 12.2. The van der Waals surface area contributed by atoms with Crippen molar-refractivity contribution in [3.05, 3.63) is 28.2 Å². The van der Waals surface area contributed by atoms with E-state index in [-0.39, 0.29) is 23.5 Å². The molecule has 1 aromatic carbocycles. The second-order valence-corrected chi connectivity index (χ2v) is 5.61. The first kappa shape index (κ1) is 15.0.